The molecule has 1 aromatic heterocycles. The van der Waals surface area contributed by atoms with Crippen LogP contribution in [0.2, 0.25) is 0 Å². The summed E-state index contributed by atoms with van der Waals surface area (Å²) in [6, 6.07) is 17.2. The van der Waals surface area contributed by atoms with Crippen molar-refractivity contribution >= 4 is 22.6 Å². The molecule has 5 heteroatoms. The van der Waals surface area contributed by atoms with Crippen molar-refractivity contribution in [3.05, 3.63) is 66.5 Å². The van der Waals surface area contributed by atoms with Crippen LogP contribution < -0.4 is 10.6 Å². The monoisotopic (exact) mass is 320 g/mol. The van der Waals surface area contributed by atoms with Gasteiger partial charge in [0.25, 0.3) is 0 Å². The number of hydrogen-bond donors (Lipinski definition) is 2. The summed E-state index contributed by atoms with van der Waals surface area (Å²) in [4.78, 5) is 20.9. The molecule has 0 fully saturated rings. The molecule has 1 heterocycles. The van der Waals surface area contributed by atoms with Gasteiger partial charge >= 0.3 is 0 Å². The molecule has 5 nitrogen and oxygen atoms in total. The van der Waals surface area contributed by atoms with Crippen molar-refractivity contribution in [1.29, 1.82) is 0 Å². The molecule has 1 amide bonds. The molecule has 0 spiro atoms. The topological polar surface area (TPSA) is 66.9 Å². The lowest BCUT2D eigenvalue weighted by atomic mass is 10.1. The highest BCUT2D eigenvalue weighted by Crippen LogP contribution is 2.19. The number of amides is 1. The van der Waals surface area contributed by atoms with Gasteiger partial charge < -0.3 is 10.6 Å². The molecule has 3 aromatic rings. The molecule has 3 rings (SSSR count). The first kappa shape index (κ1) is 15.9. The van der Waals surface area contributed by atoms with Crippen LogP contribution in [0, 0.1) is 0 Å². The van der Waals surface area contributed by atoms with Crippen LogP contribution in [0.25, 0.3) is 10.9 Å². The number of aromatic nitrogens is 2. The summed E-state index contributed by atoms with van der Waals surface area (Å²) < 4.78 is 0. The Kier molecular flexibility index (Phi) is 4.70. The molecule has 2 atom stereocenters. The number of rotatable bonds is 5. The third-order valence-corrected chi connectivity index (χ3v) is 3.95. The van der Waals surface area contributed by atoms with Crippen LogP contribution in [0.5, 0.6) is 0 Å². The number of anilines is 1. The number of carbonyl (C=O) groups is 1. The van der Waals surface area contributed by atoms with Crippen molar-refractivity contribution in [3.8, 4) is 0 Å². The van der Waals surface area contributed by atoms with Gasteiger partial charge in [-0.2, -0.15) is 0 Å². The first-order valence-corrected chi connectivity index (χ1v) is 7.97. The molecule has 0 aliphatic heterocycles. The smallest absolute Gasteiger partial charge is 0.242 e. The van der Waals surface area contributed by atoms with Crippen LogP contribution in [-0.2, 0) is 4.79 Å². The summed E-state index contributed by atoms with van der Waals surface area (Å²) in [6.07, 6.45) is 1.50. The Morgan fingerprint density at radius 2 is 1.67 bits per heavy atom. The van der Waals surface area contributed by atoms with Gasteiger partial charge in [0.05, 0.1) is 11.6 Å². The fourth-order valence-corrected chi connectivity index (χ4v) is 2.55. The van der Waals surface area contributed by atoms with Gasteiger partial charge in [0.2, 0.25) is 5.91 Å². The number of para-hydroxylation sites is 1. The summed E-state index contributed by atoms with van der Waals surface area (Å²) in [5.74, 6) is 0.588. The molecule has 0 aliphatic rings. The minimum absolute atomic E-state index is 0.0508. The molecule has 2 N–H and O–H groups in total. The van der Waals surface area contributed by atoms with Gasteiger partial charge in [-0.25, -0.2) is 9.97 Å². The fraction of sp³-hybridized carbons (Fsp3) is 0.211. The zero-order valence-electron chi connectivity index (χ0n) is 13.7. The Balaban J connectivity index is 1.70. The maximum absolute atomic E-state index is 12.5. The van der Waals surface area contributed by atoms with Crippen LogP contribution in [0.4, 0.5) is 5.82 Å². The highest BCUT2D eigenvalue weighted by Gasteiger charge is 2.17. The SMILES string of the molecule is CC(Nc1ncnc2ccccc12)C(=O)NC(C)c1ccccc1. The van der Waals surface area contributed by atoms with E-state index in [-0.39, 0.29) is 11.9 Å². The molecule has 2 aromatic carbocycles. The van der Waals surface area contributed by atoms with E-state index in [1.807, 2.05) is 68.4 Å². The molecule has 24 heavy (non-hydrogen) atoms. The molecule has 2 unspecified atom stereocenters. The molecule has 122 valence electrons. The van der Waals surface area contributed by atoms with Gasteiger partial charge in [-0.3, -0.25) is 4.79 Å². The minimum Gasteiger partial charge on any atom is -0.358 e. The number of carbonyl (C=O) groups excluding carboxylic acids is 1. The van der Waals surface area contributed by atoms with E-state index in [0.29, 0.717) is 5.82 Å². The molecular weight excluding hydrogens is 300 g/mol. The van der Waals surface area contributed by atoms with Crippen molar-refractivity contribution in [2.24, 2.45) is 0 Å². The first-order valence-electron chi connectivity index (χ1n) is 7.97. The number of fused-ring (bicyclic) bond motifs is 1. The second kappa shape index (κ2) is 7.08. The molecule has 0 saturated heterocycles. The number of nitrogens with one attached hydrogen (secondary N) is 2. The summed E-state index contributed by atoms with van der Waals surface area (Å²) in [6.45, 7) is 3.80. The maximum atomic E-state index is 12.5. The summed E-state index contributed by atoms with van der Waals surface area (Å²) >= 11 is 0. The van der Waals surface area contributed by atoms with Crippen LogP contribution in [0.3, 0.4) is 0 Å². The second-order valence-electron chi connectivity index (χ2n) is 5.75. The number of hydrogen-bond acceptors (Lipinski definition) is 4. The largest absolute Gasteiger partial charge is 0.358 e. The van der Waals surface area contributed by atoms with E-state index in [9.17, 15) is 4.79 Å². The van der Waals surface area contributed by atoms with Gasteiger partial charge in [0.1, 0.15) is 18.2 Å². The van der Waals surface area contributed by atoms with Crippen LogP contribution >= 0.6 is 0 Å². The van der Waals surface area contributed by atoms with Gasteiger partial charge in [0.15, 0.2) is 0 Å². The maximum Gasteiger partial charge on any atom is 0.242 e. The third-order valence-electron chi connectivity index (χ3n) is 3.95. The van der Waals surface area contributed by atoms with Crippen molar-refractivity contribution in [2.45, 2.75) is 25.9 Å². The highest BCUT2D eigenvalue weighted by molar-refractivity contribution is 5.91. The third kappa shape index (κ3) is 3.51. The van der Waals surface area contributed by atoms with Crippen LogP contribution in [-0.4, -0.2) is 21.9 Å². The summed E-state index contributed by atoms with van der Waals surface area (Å²) in [5.41, 5.74) is 1.92. The number of benzene rings is 2. The Morgan fingerprint density at radius 3 is 2.46 bits per heavy atom. The van der Waals surface area contributed by atoms with Crippen molar-refractivity contribution in [3.63, 3.8) is 0 Å². The van der Waals surface area contributed by atoms with Crippen molar-refractivity contribution in [1.82, 2.24) is 15.3 Å². The van der Waals surface area contributed by atoms with E-state index in [0.717, 1.165) is 16.5 Å². The second-order valence-corrected chi connectivity index (χ2v) is 5.75. The zero-order chi connectivity index (χ0) is 16.9. The predicted octanol–water partition coefficient (Wildman–Crippen LogP) is 3.31. The molecule has 0 bridgehead atoms. The molecule has 0 radical (unpaired) electrons. The lowest BCUT2D eigenvalue weighted by molar-refractivity contribution is -0.122. The van der Waals surface area contributed by atoms with E-state index in [1.54, 1.807) is 0 Å². The first-order chi connectivity index (χ1) is 11.6. The van der Waals surface area contributed by atoms with Crippen molar-refractivity contribution in [2.75, 3.05) is 5.32 Å². The lowest BCUT2D eigenvalue weighted by Crippen LogP contribution is -2.39. The Bertz CT molecular complexity index is 830. The Morgan fingerprint density at radius 1 is 0.958 bits per heavy atom. The summed E-state index contributed by atoms with van der Waals surface area (Å²) in [7, 11) is 0. The fourth-order valence-electron chi connectivity index (χ4n) is 2.55. The normalized spacial score (nSPS) is 13.2. The van der Waals surface area contributed by atoms with E-state index in [4.69, 9.17) is 0 Å². The molecular formula is C19H20N4O. The predicted molar refractivity (Wildman–Crippen MR) is 95.6 cm³/mol. The van der Waals surface area contributed by atoms with E-state index in [1.165, 1.54) is 6.33 Å². The van der Waals surface area contributed by atoms with Crippen molar-refractivity contribution < 1.29 is 4.79 Å². The van der Waals surface area contributed by atoms with Gasteiger partial charge in [-0.15, -0.1) is 0 Å². The quantitative estimate of drug-likeness (QED) is 0.757. The van der Waals surface area contributed by atoms with E-state index >= 15 is 0 Å². The zero-order valence-corrected chi connectivity index (χ0v) is 13.7. The molecule has 0 aliphatic carbocycles. The highest BCUT2D eigenvalue weighted by atomic mass is 16.2. The van der Waals surface area contributed by atoms with Crippen LogP contribution in [0.1, 0.15) is 25.5 Å². The van der Waals surface area contributed by atoms with Gasteiger partial charge in [-0.05, 0) is 31.5 Å². The van der Waals surface area contributed by atoms with Crippen LogP contribution in [0.15, 0.2) is 60.9 Å². The number of nitrogens with zero attached hydrogens (tertiary/aromatic N) is 2. The van der Waals surface area contributed by atoms with E-state index in [2.05, 4.69) is 20.6 Å². The average molecular weight is 320 g/mol. The lowest BCUT2D eigenvalue weighted by Gasteiger charge is -2.19. The Labute approximate surface area is 141 Å². The Hall–Kier alpha value is -2.95. The minimum atomic E-state index is -0.408. The van der Waals surface area contributed by atoms with Gasteiger partial charge in [0, 0.05) is 5.39 Å². The summed E-state index contributed by atoms with van der Waals surface area (Å²) in [5, 5.41) is 7.10. The van der Waals surface area contributed by atoms with Gasteiger partial charge in [-0.1, -0.05) is 42.5 Å². The standard InChI is InChI=1S/C19H20N4O/c1-13(15-8-4-3-5-9-15)23-19(24)14(2)22-18-16-10-6-7-11-17(16)20-12-21-18/h3-14H,1-2H3,(H,23,24)(H,20,21,22). The van der Waals surface area contributed by atoms with E-state index < -0.39 is 6.04 Å². The average Bonchev–Trinajstić information content (AvgIpc) is 2.62. The molecule has 0 saturated carbocycles.